The number of aromatic nitrogens is 2. The maximum Gasteiger partial charge on any atom is 0.146 e. The van der Waals surface area contributed by atoms with Crippen LogP contribution in [0.3, 0.4) is 0 Å². The van der Waals surface area contributed by atoms with Crippen molar-refractivity contribution in [1.82, 2.24) is 25.9 Å². The molecular weight excluding hydrogens is 542 g/mol. The number of allylic oxidation sites excluding steroid dienone is 4. The Morgan fingerprint density at radius 1 is 0.727 bits per heavy atom. The van der Waals surface area contributed by atoms with Gasteiger partial charge in [-0.2, -0.15) is 0 Å². The number of aryl methyl sites for hydroxylation is 2. The summed E-state index contributed by atoms with van der Waals surface area (Å²) in [5.74, 6) is 1.66. The summed E-state index contributed by atoms with van der Waals surface area (Å²) in [6, 6.07) is 30.9. The van der Waals surface area contributed by atoms with E-state index in [1.165, 1.54) is 11.1 Å². The molecule has 2 aromatic carbocycles. The average Bonchev–Trinajstić information content (AvgIpc) is 3.09. The molecule has 5 heterocycles. The normalized spacial score (nSPS) is 20.9. The largest absolute Gasteiger partial charge is 0.379 e. The van der Waals surface area contributed by atoms with E-state index in [2.05, 4.69) is 98.8 Å². The number of hydrogen-bond donors (Lipinski definition) is 3. The molecule has 44 heavy (non-hydrogen) atoms. The smallest absolute Gasteiger partial charge is 0.146 e. The minimum Gasteiger partial charge on any atom is -0.379 e. The number of hydrogen-bond acceptors (Lipinski definition) is 7. The molecular formula is C37H33N7. The lowest BCUT2D eigenvalue weighted by Gasteiger charge is -2.31. The quantitative estimate of drug-likeness (QED) is 0.264. The van der Waals surface area contributed by atoms with E-state index in [-0.39, 0.29) is 12.2 Å². The van der Waals surface area contributed by atoms with Crippen LogP contribution in [0.4, 0.5) is 0 Å². The number of benzene rings is 2. The van der Waals surface area contributed by atoms with Gasteiger partial charge >= 0.3 is 0 Å². The molecule has 0 radical (unpaired) electrons. The van der Waals surface area contributed by atoms with Crippen molar-refractivity contribution >= 4 is 17.7 Å². The SMILES string of the molecule is Cc1cccc(C2=CC=C(C3N=C(c4ccc(-c5ccccc5)cc4)NC(=C4C=CC(c5cccc(C)n5)N=C4)N3)CN2)n1. The van der Waals surface area contributed by atoms with Crippen LogP contribution >= 0.6 is 0 Å². The summed E-state index contributed by atoms with van der Waals surface area (Å²) in [6.07, 6.45) is 10.1. The van der Waals surface area contributed by atoms with Gasteiger partial charge in [-0.15, -0.1) is 0 Å². The second-order valence-corrected chi connectivity index (χ2v) is 11.0. The highest BCUT2D eigenvalue weighted by molar-refractivity contribution is 6.02. The first-order chi connectivity index (χ1) is 21.6. The second kappa shape index (κ2) is 12.0. The van der Waals surface area contributed by atoms with Crippen LogP contribution in [0.1, 0.15) is 34.4 Å². The van der Waals surface area contributed by atoms with Crippen molar-refractivity contribution in [3.63, 3.8) is 0 Å². The Kier molecular flexibility index (Phi) is 7.42. The van der Waals surface area contributed by atoms with Crippen molar-refractivity contribution in [3.05, 3.63) is 161 Å². The van der Waals surface area contributed by atoms with Crippen LogP contribution in [-0.2, 0) is 0 Å². The molecule has 0 aliphatic carbocycles. The topological polar surface area (TPSA) is 86.6 Å². The lowest BCUT2D eigenvalue weighted by atomic mass is 10.0. The van der Waals surface area contributed by atoms with Gasteiger partial charge in [0.1, 0.15) is 23.9 Å². The monoisotopic (exact) mass is 575 g/mol. The number of rotatable bonds is 5. The maximum absolute atomic E-state index is 5.14. The molecule has 7 heteroatoms. The van der Waals surface area contributed by atoms with Crippen LogP contribution < -0.4 is 16.0 Å². The third-order valence-corrected chi connectivity index (χ3v) is 7.84. The molecule has 2 atom stereocenters. The van der Waals surface area contributed by atoms with Crippen molar-refractivity contribution in [1.29, 1.82) is 0 Å². The molecule has 2 aromatic heterocycles. The third kappa shape index (κ3) is 5.85. The molecule has 3 aliphatic heterocycles. The number of nitrogens with one attached hydrogen (secondary N) is 3. The molecule has 0 bridgehead atoms. The molecule has 2 unspecified atom stereocenters. The van der Waals surface area contributed by atoms with E-state index in [9.17, 15) is 0 Å². The highest BCUT2D eigenvalue weighted by atomic mass is 15.3. The molecule has 0 saturated heterocycles. The van der Waals surface area contributed by atoms with E-state index in [1.807, 2.05) is 62.5 Å². The molecule has 0 saturated carbocycles. The third-order valence-electron chi connectivity index (χ3n) is 7.84. The van der Waals surface area contributed by atoms with Gasteiger partial charge in [0.25, 0.3) is 0 Å². The summed E-state index contributed by atoms with van der Waals surface area (Å²) >= 11 is 0. The zero-order valence-electron chi connectivity index (χ0n) is 24.7. The maximum atomic E-state index is 5.14. The fourth-order valence-corrected chi connectivity index (χ4v) is 5.48. The van der Waals surface area contributed by atoms with E-state index < -0.39 is 0 Å². The average molecular weight is 576 g/mol. The Hall–Kier alpha value is -5.56. The summed E-state index contributed by atoms with van der Waals surface area (Å²) < 4.78 is 0. The molecule has 4 aromatic rings. The molecule has 0 amide bonds. The highest BCUT2D eigenvalue weighted by Crippen LogP contribution is 2.25. The van der Waals surface area contributed by atoms with Crippen molar-refractivity contribution < 1.29 is 0 Å². The fraction of sp³-hybridized carbons (Fsp3) is 0.135. The summed E-state index contributed by atoms with van der Waals surface area (Å²) in [6.45, 7) is 4.66. The van der Waals surface area contributed by atoms with Gasteiger partial charge in [0.05, 0.1) is 17.1 Å². The lowest BCUT2D eigenvalue weighted by Crippen LogP contribution is -2.47. The van der Waals surface area contributed by atoms with Gasteiger partial charge in [-0.3, -0.25) is 15.0 Å². The van der Waals surface area contributed by atoms with Gasteiger partial charge in [0.2, 0.25) is 0 Å². The first-order valence-electron chi connectivity index (χ1n) is 14.8. The van der Waals surface area contributed by atoms with Crippen molar-refractivity contribution in [2.24, 2.45) is 9.98 Å². The van der Waals surface area contributed by atoms with Crippen molar-refractivity contribution in [2.75, 3.05) is 6.54 Å². The summed E-state index contributed by atoms with van der Waals surface area (Å²) in [4.78, 5) is 19.3. The van der Waals surface area contributed by atoms with E-state index in [0.29, 0.717) is 6.54 Å². The van der Waals surface area contributed by atoms with Crippen molar-refractivity contribution in [2.45, 2.75) is 26.1 Å². The van der Waals surface area contributed by atoms with Crippen LogP contribution in [0.15, 0.2) is 142 Å². The highest BCUT2D eigenvalue weighted by Gasteiger charge is 2.25. The van der Waals surface area contributed by atoms with E-state index >= 15 is 0 Å². The molecule has 3 aliphatic rings. The minimum atomic E-state index is -0.267. The lowest BCUT2D eigenvalue weighted by molar-refractivity contribution is 0.598. The van der Waals surface area contributed by atoms with Crippen LogP contribution in [-0.4, -0.2) is 34.7 Å². The van der Waals surface area contributed by atoms with Crippen molar-refractivity contribution in [3.8, 4) is 11.1 Å². The molecule has 0 spiro atoms. The van der Waals surface area contributed by atoms with Gasteiger partial charge in [0, 0.05) is 35.3 Å². The number of nitrogens with zero attached hydrogens (tertiary/aromatic N) is 4. The summed E-state index contributed by atoms with van der Waals surface area (Å²) in [5, 5.41) is 10.7. The van der Waals surface area contributed by atoms with E-state index in [1.54, 1.807) is 0 Å². The second-order valence-electron chi connectivity index (χ2n) is 11.0. The Balaban J connectivity index is 1.21. The zero-order chi connectivity index (χ0) is 29.9. The predicted molar refractivity (Wildman–Crippen MR) is 178 cm³/mol. The van der Waals surface area contributed by atoms with Crippen LogP contribution in [0, 0.1) is 13.8 Å². The van der Waals surface area contributed by atoms with Crippen LogP contribution in [0.2, 0.25) is 0 Å². The number of dihydropyridines is 2. The Morgan fingerprint density at radius 2 is 1.48 bits per heavy atom. The summed E-state index contributed by atoms with van der Waals surface area (Å²) in [7, 11) is 0. The predicted octanol–water partition coefficient (Wildman–Crippen LogP) is 6.19. The van der Waals surface area contributed by atoms with Crippen LogP contribution in [0.25, 0.3) is 16.8 Å². The molecule has 3 N–H and O–H groups in total. The molecule has 216 valence electrons. The zero-order valence-corrected chi connectivity index (χ0v) is 24.7. The number of pyridine rings is 2. The molecule has 7 rings (SSSR count). The Labute approximate surface area is 257 Å². The van der Waals surface area contributed by atoms with Crippen LogP contribution in [0.5, 0.6) is 0 Å². The Bertz CT molecular complexity index is 1860. The Morgan fingerprint density at radius 3 is 2.18 bits per heavy atom. The van der Waals surface area contributed by atoms with Gasteiger partial charge in [0.15, 0.2) is 0 Å². The van der Waals surface area contributed by atoms with E-state index in [0.717, 1.165) is 56.8 Å². The van der Waals surface area contributed by atoms with Gasteiger partial charge in [-0.05, 0) is 60.9 Å². The van der Waals surface area contributed by atoms with Gasteiger partial charge < -0.3 is 16.0 Å². The minimum absolute atomic E-state index is 0.110. The summed E-state index contributed by atoms with van der Waals surface area (Å²) in [5.41, 5.74) is 10.3. The first kappa shape index (κ1) is 27.3. The standard InChI is InChI=1S/C37H33N7/c1-24-8-6-12-33(40-24)31-20-18-29(22-38-31)36-42-35(28-16-14-27(15-17-28)26-10-4-3-5-11-26)43-37(44-36)30-19-21-32(39-23-30)34-13-7-9-25(2)41-34/h3-22,31,37,39,44H,23H2,1-2H3,(H,42,43). The molecule has 7 nitrogen and oxygen atoms in total. The van der Waals surface area contributed by atoms with Gasteiger partial charge in [-0.1, -0.05) is 85.0 Å². The van der Waals surface area contributed by atoms with E-state index in [4.69, 9.17) is 9.98 Å². The number of amidine groups is 1. The number of aliphatic imine (C=N–C) groups is 2. The molecule has 0 fully saturated rings. The fourth-order valence-electron chi connectivity index (χ4n) is 5.48. The first-order valence-corrected chi connectivity index (χ1v) is 14.8. The van der Waals surface area contributed by atoms with Gasteiger partial charge in [-0.25, -0.2) is 4.99 Å².